The summed E-state index contributed by atoms with van der Waals surface area (Å²) in [4.78, 5) is 68.4. The third-order valence-corrected chi connectivity index (χ3v) is 11.7. The Kier molecular flexibility index (Phi) is 12.6. The molecule has 0 unspecified atom stereocenters. The third kappa shape index (κ3) is 7.78. The summed E-state index contributed by atoms with van der Waals surface area (Å²) in [5.41, 5.74) is -5.06. The highest BCUT2D eigenvalue weighted by Crippen LogP contribution is 2.58. The number of amides is 1. The molecular weight excluding hydrogens is 738 g/mol. The van der Waals surface area contributed by atoms with Crippen LogP contribution in [0.5, 0.6) is 0 Å². The van der Waals surface area contributed by atoms with Crippen molar-refractivity contribution in [3.63, 3.8) is 0 Å². The summed E-state index contributed by atoms with van der Waals surface area (Å²) in [5, 5.41) is 49.4. The molecule has 14 heteroatoms. The fourth-order valence-electron chi connectivity index (χ4n) is 8.38. The van der Waals surface area contributed by atoms with Crippen LogP contribution in [0.4, 0.5) is 0 Å². The van der Waals surface area contributed by atoms with E-state index >= 15 is 0 Å². The van der Waals surface area contributed by atoms with E-state index in [1.165, 1.54) is 39.8 Å². The Morgan fingerprint density at radius 1 is 0.982 bits per heavy atom. The zero-order valence-electron chi connectivity index (χ0n) is 33.1. The van der Waals surface area contributed by atoms with Gasteiger partial charge >= 0.3 is 17.9 Å². The van der Waals surface area contributed by atoms with Crippen molar-refractivity contribution < 1.29 is 63.3 Å². The Morgan fingerprint density at radius 3 is 2.14 bits per heavy atom. The van der Waals surface area contributed by atoms with Crippen molar-refractivity contribution in [2.24, 2.45) is 11.3 Å². The molecule has 3 aliphatic rings. The second-order valence-corrected chi connectivity index (χ2v) is 15.4. The zero-order chi connectivity index (χ0) is 42.0. The number of benzene rings is 2. The van der Waals surface area contributed by atoms with Crippen LogP contribution in [-0.4, -0.2) is 98.9 Å². The largest absolute Gasteiger partial charge is 0.504 e. The van der Waals surface area contributed by atoms with Crippen molar-refractivity contribution >= 4 is 29.6 Å². The number of carbonyl (C=O) groups excluding carboxylic acids is 5. The second-order valence-electron chi connectivity index (χ2n) is 15.4. The highest BCUT2D eigenvalue weighted by atomic mass is 16.6. The van der Waals surface area contributed by atoms with Gasteiger partial charge in [0.25, 0.3) is 0 Å². The number of ether oxygens (including phenoxy) is 4. The average molecular weight is 790 g/mol. The molecule has 1 amide bonds. The van der Waals surface area contributed by atoms with Gasteiger partial charge in [-0.2, -0.15) is 0 Å². The lowest BCUT2D eigenvalue weighted by Crippen LogP contribution is -2.73. The lowest BCUT2D eigenvalue weighted by atomic mass is 9.53. The van der Waals surface area contributed by atoms with Crippen LogP contribution >= 0.6 is 0 Å². The van der Waals surface area contributed by atoms with Crippen molar-refractivity contribution in [3.8, 4) is 0 Å². The Labute approximate surface area is 331 Å². The molecule has 0 saturated carbocycles. The predicted molar refractivity (Wildman–Crippen MR) is 204 cm³/mol. The van der Waals surface area contributed by atoms with Gasteiger partial charge in [0.15, 0.2) is 17.5 Å². The molecule has 2 aromatic carbocycles. The van der Waals surface area contributed by atoms with Crippen LogP contribution in [-0.2, 0) is 38.1 Å². The van der Waals surface area contributed by atoms with Crippen LogP contribution in [0.25, 0.3) is 0 Å². The van der Waals surface area contributed by atoms with Crippen molar-refractivity contribution in [1.82, 2.24) is 5.32 Å². The summed E-state index contributed by atoms with van der Waals surface area (Å²) in [6.45, 7) is 9.58. The topological polar surface area (TPSA) is 215 Å². The van der Waals surface area contributed by atoms with Gasteiger partial charge in [-0.3, -0.25) is 14.4 Å². The van der Waals surface area contributed by atoms with Crippen molar-refractivity contribution in [2.45, 2.75) is 103 Å². The zero-order valence-corrected chi connectivity index (χ0v) is 33.1. The number of aliphatic hydroxyl groups is 4. The molecule has 2 bridgehead atoms. The quantitative estimate of drug-likeness (QED) is 0.117. The number of ketones is 1. The Morgan fingerprint density at radius 2 is 1.60 bits per heavy atom. The van der Waals surface area contributed by atoms with Crippen LogP contribution in [0.2, 0.25) is 0 Å². The lowest BCUT2D eigenvalue weighted by Gasteiger charge is -2.60. The first-order valence-corrected chi connectivity index (χ1v) is 18.8. The van der Waals surface area contributed by atoms with Gasteiger partial charge in [-0.25, -0.2) is 9.59 Å². The molecule has 5 N–H and O–H groups in total. The third-order valence-electron chi connectivity index (χ3n) is 11.7. The maximum absolute atomic E-state index is 14.5. The molecule has 0 spiro atoms. The van der Waals surface area contributed by atoms with Crippen LogP contribution in [0.15, 0.2) is 94.8 Å². The Balaban J connectivity index is 1.68. The molecule has 2 aliphatic carbocycles. The highest BCUT2D eigenvalue weighted by Gasteiger charge is 2.69. The van der Waals surface area contributed by atoms with Crippen LogP contribution in [0.3, 0.4) is 0 Å². The highest BCUT2D eigenvalue weighted by molar-refractivity contribution is 6.09. The van der Waals surface area contributed by atoms with E-state index in [2.05, 4.69) is 5.32 Å². The normalized spacial score (nSPS) is 29.5. The molecule has 1 fully saturated rings. The molecule has 306 valence electrons. The van der Waals surface area contributed by atoms with Gasteiger partial charge in [0.05, 0.1) is 24.1 Å². The molecule has 14 nitrogen and oxygen atoms in total. The first kappa shape index (κ1) is 43.0. The van der Waals surface area contributed by atoms with Crippen molar-refractivity contribution in [2.75, 3.05) is 13.2 Å². The molecule has 1 saturated heterocycles. The van der Waals surface area contributed by atoms with Gasteiger partial charge in [0.1, 0.15) is 23.9 Å². The molecule has 2 aromatic rings. The number of fused-ring (bicyclic) bond motifs is 2. The van der Waals surface area contributed by atoms with Gasteiger partial charge in [-0.15, -0.1) is 0 Å². The number of aliphatic hydroxyl groups excluding tert-OH is 3. The molecule has 0 aromatic heterocycles. The van der Waals surface area contributed by atoms with Gasteiger partial charge < -0.3 is 44.7 Å². The molecule has 1 heterocycles. The maximum Gasteiger partial charge on any atom is 0.338 e. The molecule has 8 atom stereocenters. The standard InChI is InChI=1S/C43H51NO13/c1-8-23(2)38(50)44-33(27-15-11-9-12-16-27)36(49)40(52)55-29-21-43(53)37(56-39(51)28-17-13-10-14-18-28)32(42(57-26(5)46)22-54-30(42)19-20-45)25(4)34(47)35(48)31(24(29)3)41(43,6)7/h8-18,29-30,32-33,36-37,45,47,49,53H,19-22H2,1-7H3,(H,44,50)/b23-8+,34-25+/t29-,30+,32+,33-,36+,37-,42-,43+/m0/s1. The summed E-state index contributed by atoms with van der Waals surface area (Å²) in [5.74, 6) is -6.62. The minimum atomic E-state index is -2.34. The summed E-state index contributed by atoms with van der Waals surface area (Å²) < 4.78 is 24.0. The maximum atomic E-state index is 14.5. The summed E-state index contributed by atoms with van der Waals surface area (Å²) in [6.07, 6.45) is -5.24. The van der Waals surface area contributed by atoms with E-state index in [9.17, 15) is 44.4 Å². The van der Waals surface area contributed by atoms with E-state index in [0.29, 0.717) is 11.1 Å². The number of allylic oxidation sites excluding steroid dienone is 2. The van der Waals surface area contributed by atoms with E-state index in [-0.39, 0.29) is 35.3 Å². The molecule has 0 radical (unpaired) electrons. The first-order valence-electron chi connectivity index (χ1n) is 18.8. The predicted octanol–water partition coefficient (Wildman–Crippen LogP) is 3.90. The molecular formula is C43H51NO13. The number of Topliss-reactive ketones (excluding diaryl/α,β-unsaturated/α-hetero) is 1. The van der Waals surface area contributed by atoms with Crippen molar-refractivity contribution in [1.29, 1.82) is 0 Å². The molecule has 5 rings (SSSR count). The number of carbonyl (C=O) groups is 5. The molecule has 57 heavy (non-hydrogen) atoms. The number of hydrogen-bond acceptors (Lipinski definition) is 13. The smallest absolute Gasteiger partial charge is 0.338 e. The summed E-state index contributed by atoms with van der Waals surface area (Å²) >= 11 is 0. The number of nitrogens with one attached hydrogen (secondary N) is 1. The van der Waals surface area contributed by atoms with E-state index in [4.69, 9.17) is 18.9 Å². The van der Waals surface area contributed by atoms with E-state index < -0.39 is 101 Å². The monoisotopic (exact) mass is 789 g/mol. The van der Waals surface area contributed by atoms with Gasteiger partial charge in [0, 0.05) is 42.9 Å². The number of esters is 3. The van der Waals surface area contributed by atoms with Gasteiger partial charge in [-0.05, 0) is 56.5 Å². The first-order chi connectivity index (χ1) is 26.9. The summed E-state index contributed by atoms with van der Waals surface area (Å²) in [6, 6.07) is 14.9. The molecule has 1 aliphatic heterocycles. The van der Waals surface area contributed by atoms with E-state index in [0.717, 1.165) is 6.92 Å². The van der Waals surface area contributed by atoms with Gasteiger partial charge in [-0.1, -0.05) is 68.5 Å². The fourth-order valence-corrected chi connectivity index (χ4v) is 8.38. The number of hydrogen-bond donors (Lipinski definition) is 5. The van der Waals surface area contributed by atoms with Crippen LogP contribution in [0, 0.1) is 11.3 Å². The SMILES string of the molecule is C/C=C(\C)C(=O)N[C@@H](c1ccccc1)[C@@H](O)C(=O)O[C@H]1C[C@@]2(O)[C@@H](OC(=O)c3ccccc3)[C@H]([C@]3(OC(C)=O)CO[C@@H]3CCO)/C(C)=C(/O)C(=O)C(=C1C)C2(C)C. The minimum Gasteiger partial charge on any atom is -0.504 e. The van der Waals surface area contributed by atoms with E-state index in [1.54, 1.807) is 68.5 Å². The van der Waals surface area contributed by atoms with Crippen LogP contribution < -0.4 is 5.32 Å². The summed E-state index contributed by atoms with van der Waals surface area (Å²) in [7, 11) is 0. The fraction of sp³-hybridized carbons (Fsp3) is 0.465. The van der Waals surface area contributed by atoms with Crippen LogP contribution in [0.1, 0.15) is 83.3 Å². The van der Waals surface area contributed by atoms with Gasteiger partial charge in [0.2, 0.25) is 11.7 Å². The van der Waals surface area contributed by atoms with Crippen molar-refractivity contribution in [3.05, 3.63) is 106 Å². The average Bonchev–Trinajstić information content (AvgIpc) is 3.18. The lowest BCUT2D eigenvalue weighted by molar-refractivity contribution is -0.295. The van der Waals surface area contributed by atoms with E-state index in [1.807, 2.05) is 0 Å². The number of rotatable bonds is 12. The second kappa shape index (κ2) is 16.8. The Bertz CT molecular complexity index is 1990. The Hall–Kier alpha value is -5.15. The minimum absolute atomic E-state index is 0.0674.